The van der Waals surface area contributed by atoms with Gasteiger partial charge in [0.2, 0.25) is 0 Å². The van der Waals surface area contributed by atoms with Crippen molar-refractivity contribution in [1.82, 2.24) is 43.8 Å². The summed E-state index contributed by atoms with van der Waals surface area (Å²) in [5.41, 5.74) is 12.5. The van der Waals surface area contributed by atoms with E-state index in [0.29, 0.717) is 11.2 Å². The fourth-order valence-electron chi connectivity index (χ4n) is 5.20. The molecule has 43 heavy (non-hydrogen) atoms. The number of fused-ring (bicyclic) bond motifs is 4. The maximum Gasteiger partial charge on any atom is 0.472 e. The third-order valence-electron chi connectivity index (χ3n) is 7.18. The van der Waals surface area contributed by atoms with Crippen molar-refractivity contribution in [3.8, 4) is 0 Å². The van der Waals surface area contributed by atoms with Gasteiger partial charge in [0.15, 0.2) is 35.3 Å². The highest BCUT2D eigenvalue weighted by molar-refractivity contribution is 7.84. The van der Waals surface area contributed by atoms with E-state index in [1.807, 2.05) is 0 Å². The Morgan fingerprint density at radius 2 is 1.60 bits per heavy atom. The summed E-state index contributed by atoms with van der Waals surface area (Å²) in [5, 5.41) is 0. The lowest BCUT2D eigenvalue weighted by Gasteiger charge is -2.25. The normalized spacial score (nSPS) is 34.9. The maximum absolute atomic E-state index is 15.8. The Kier molecular flexibility index (Phi) is 6.79. The number of ether oxygens (including phenoxy) is 2. The predicted molar refractivity (Wildman–Crippen MR) is 139 cm³/mol. The number of nitrogen functional groups attached to an aromatic ring is 2. The minimum Gasteiger partial charge on any atom is -0.382 e. The molecule has 0 bridgehead atoms. The summed E-state index contributed by atoms with van der Waals surface area (Å²) in [7, 11) is -9.47. The number of aromatic nitrogens is 8. The number of hydrogen-bond donors (Lipinski definition) is 4. The molecule has 6 N–H and O–H groups in total. The van der Waals surface area contributed by atoms with Crippen LogP contribution < -0.4 is 16.2 Å². The zero-order valence-electron chi connectivity index (χ0n) is 21.7. The first kappa shape index (κ1) is 28.3. The summed E-state index contributed by atoms with van der Waals surface area (Å²) in [4.78, 5) is 34.7. The third kappa shape index (κ3) is 5.09. The summed E-state index contributed by atoms with van der Waals surface area (Å²) >= 11 is 0. The molecule has 20 nitrogen and oxygen atoms in total. The van der Waals surface area contributed by atoms with Crippen LogP contribution in [-0.2, 0) is 37.6 Å². The monoisotopic (exact) mass is 643 g/mol. The average molecular weight is 644 g/mol. The van der Waals surface area contributed by atoms with Gasteiger partial charge in [0.05, 0.1) is 19.3 Å². The molecule has 0 amide bonds. The van der Waals surface area contributed by atoms with E-state index >= 15 is 4.39 Å². The molecule has 4 aromatic heterocycles. The number of nitrogens with zero attached hydrogens (tertiary/aromatic N) is 8. The molecular weight excluding hydrogens is 620 g/mol. The van der Waals surface area contributed by atoms with Crippen LogP contribution >= 0.6 is 7.82 Å². The first-order valence-electron chi connectivity index (χ1n) is 12.6. The lowest BCUT2D eigenvalue weighted by molar-refractivity contribution is -0.0494. The van der Waals surface area contributed by atoms with Crippen LogP contribution in [0.25, 0.3) is 22.3 Å². The minimum absolute atomic E-state index is 0.0296. The molecule has 7 heterocycles. The van der Waals surface area contributed by atoms with Gasteiger partial charge in [-0.2, -0.15) is 13.1 Å². The van der Waals surface area contributed by atoms with Gasteiger partial charge in [-0.15, -0.1) is 0 Å². The Balaban J connectivity index is 1.15. The van der Waals surface area contributed by atoms with Gasteiger partial charge < -0.3 is 25.8 Å². The summed E-state index contributed by atoms with van der Waals surface area (Å²) in [6.07, 6.45) is -5.16. The first-order valence-corrected chi connectivity index (χ1v) is 15.5. The molecule has 3 aliphatic heterocycles. The molecule has 3 saturated heterocycles. The van der Waals surface area contributed by atoms with Crippen molar-refractivity contribution in [3.63, 3.8) is 0 Å². The zero-order chi connectivity index (χ0) is 30.1. The Morgan fingerprint density at radius 3 is 2.30 bits per heavy atom. The van der Waals surface area contributed by atoms with Crippen LogP contribution in [0.5, 0.6) is 0 Å². The lowest BCUT2D eigenvalue weighted by atomic mass is 10.1. The molecule has 0 spiro atoms. The van der Waals surface area contributed by atoms with Gasteiger partial charge in [-0.05, 0) is 0 Å². The molecule has 0 saturated carbocycles. The van der Waals surface area contributed by atoms with Gasteiger partial charge in [-0.1, -0.05) is 0 Å². The maximum atomic E-state index is 15.8. The van der Waals surface area contributed by atoms with E-state index in [1.165, 1.54) is 28.1 Å². The highest BCUT2D eigenvalue weighted by Gasteiger charge is 2.52. The van der Waals surface area contributed by atoms with Gasteiger partial charge in [0.1, 0.15) is 54.3 Å². The molecule has 3 aliphatic rings. The number of nitrogens with one attached hydrogen (secondary N) is 1. The zero-order valence-corrected chi connectivity index (χ0v) is 23.4. The van der Waals surface area contributed by atoms with Crippen LogP contribution in [0.1, 0.15) is 18.9 Å². The van der Waals surface area contributed by atoms with E-state index in [9.17, 15) is 17.9 Å². The van der Waals surface area contributed by atoms with Crippen molar-refractivity contribution in [2.75, 3.05) is 24.6 Å². The van der Waals surface area contributed by atoms with Crippen molar-refractivity contribution in [2.24, 2.45) is 0 Å². The number of nitrogens with two attached hydrogens (primary N) is 2. The van der Waals surface area contributed by atoms with Crippen LogP contribution in [0, 0.1) is 0 Å². The average Bonchev–Trinajstić information content (AvgIpc) is 3.72. The van der Waals surface area contributed by atoms with Crippen LogP contribution in [0.15, 0.2) is 25.3 Å². The van der Waals surface area contributed by atoms with Crippen LogP contribution in [-0.4, -0.2) is 96.1 Å². The molecular formula is C20H23FN11O9PS. The van der Waals surface area contributed by atoms with Crippen molar-refractivity contribution < 1.29 is 45.0 Å². The lowest BCUT2D eigenvalue weighted by Crippen LogP contribution is -2.44. The quantitative estimate of drug-likeness (QED) is 0.192. The second kappa shape index (κ2) is 10.3. The molecule has 1 unspecified atom stereocenters. The summed E-state index contributed by atoms with van der Waals surface area (Å²) in [6.45, 7) is -1.26. The van der Waals surface area contributed by atoms with Crippen molar-refractivity contribution in [1.29, 1.82) is 0 Å². The molecule has 0 aliphatic carbocycles. The highest BCUT2D eigenvalue weighted by atomic mass is 32.2. The second-order valence-corrected chi connectivity index (χ2v) is 12.6. The van der Waals surface area contributed by atoms with E-state index in [0.717, 1.165) is 6.33 Å². The molecule has 7 rings (SSSR count). The van der Waals surface area contributed by atoms with Crippen LogP contribution in [0.2, 0.25) is 0 Å². The summed E-state index contributed by atoms with van der Waals surface area (Å²) in [5.74, 6) is 0.157. The Labute approximate surface area is 240 Å². The second-order valence-electron chi connectivity index (χ2n) is 9.81. The van der Waals surface area contributed by atoms with Crippen LogP contribution in [0.4, 0.5) is 16.0 Å². The van der Waals surface area contributed by atoms with Gasteiger partial charge in [-0.3, -0.25) is 18.2 Å². The molecule has 8 atom stereocenters. The number of phosphoric ester groups is 1. The number of anilines is 2. The van der Waals surface area contributed by atoms with E-state index in [1.54, 1.807) is 0 Å². The molecule has 23 heteroatoms. The van der Waals surface area contributed by atoms with E-state index in [-0.39, 0.29) is 29.2 Å². The van der Waals surface area contributed by atoms with Crippen molar-refractivity contribution >= 4 is 52.1 Å². The van der Waals surface area contributed by atoms with E-state index < -0.39 is 74.3 Å². The van der Waals surface area contributed by atoms with E-state index in [4.69, 9.17) is 34.2 Å². The number of imidazole rings is 2. The predicted octanol–water partition coefficient (Wildman–Crippen LogP) is -0.911. The third-order valence-corrected chi connectivity index (χ3v) is 9.18. The van der Waals surface area contributed by atoms with Gasteiger partial charge in [0, 0.05) is 13.0 Å². The fraction of sp³-hybridized carbons (Fsp3) is 0.500. The Morgan fingerprint density at radius 1 is 0.953 bits per heavy atom. The van der Waals surface area contributed by atoms with Gasteiger partial charge in [0.25, 0.3) is 0 Å². The van der Waals surface area contributed by atoms with Gasteiger partial charge >= 0.3 is 18.1 Å². The molecule has 0 radical (unpaired) electrons. The number of rotatable bonds is 2. The number of alkyl halides is 1. The highest BCUT2D eigenvalue weighted by Crippen LogP contribution is 2.50. The first-order chi connectivity index (χ1) is 20.5. The molecule has 3 fully saturated rings. The fourth-order valence-corrected chi connectivity index (χ4v) is 7.12. The Hall–Kier alpha value is -3.47. The summed E-state index contributed by atoms with van der Waals surface area (Å²) < 4.78 is 87.1. The molecule has 230 valence electrons. The minimum atomic E-state index is -4.84. The largest absolute Gasteiger partial charge is 0.472 e. The number of phosphoric acid groups is 1. The number of hydrogen-bond acceptors (Lipinski definition) is 16. The number of halogens is 1. The molecule has 4 aromatic rings. The van der Waals surface area contributed by atoms with E-state index in [2.05, 4.69) is 34.6 Å². The standard InChI is InChI=1S/C20H23FN11O9PS/c21-12-15-10(39-20(12)32-7-29-14-17(23)25-5-27-19(14)32)3-37-42(33,34)40-8-1-11(38-9(8)2-30-43(35,36)41-15)31-6-28-13-16(22)24-4-26-18(13)31/h4-12,15,20,30H,1-3H2,(H,33,34)(H2,22,24,26)(H2,23,25,27)/t8-,9+,10+,11+,12+,15+,20+/m0/s1. The smallest absolute Gasteiger partial charge is 0.382 e. The summed E-state index contributed by atoms with van der Waals surface area (Å²) in [6, 6.07) is 0. The molecule has 0 aromatic carbocycles. The van der Waals surface area contributed by atoms with Crippen LogP contribution in [0.3, 0.4) is 0 Å². The van der Waals surface area contributed by atoms with Crippen molar-refractivity contribution in [2.45, 2.75) is 49.5 Å². The Bertz CT molecular complexity index is 1860. The SMILES string of the molecule is Nc1ncnc2c1ncn2[C@@H]1O[C@@H]2COP(=O)(O)O[C@H]3C[C@H](n4cnc5c(N)ncnc54)O[C@@H]3CNS(=O)(=O)O[C@H]2[C@H]1F. The van der Waals surface area contributed by atoms with Gasteiger partial charge in [-0.25, -0.2) is 43.0 Å². The topological polar surface area (TPSA) is 269 Å². The van der Waals surface area contributed by atoms with Crippen molar-refractivity contribution in [3.05, 3.63) is 25.3 Å².